The number of aromatic nitrogens is 2. The van der Waals surface area contributed by atoms with Crippen LogP contribution in [0.3, 0.4) is 0 Å². The summed E-state index contributed by atoms with van der Waals surface area (Å²) >= 11 is 0. The number of hydrogen-bond donors (Lipinski definition) is 1. The smallest absolute Gasteiger partial charge is 0.362 e. The van der Waals surface area contributed by atoms with Crippen LogP contribution in [0.1, 0.15) is 17.4 Å². The number of H-pyrrole nitrogens is 1. The Labute approximate surface area is 95.2 Å². The zero-order chi connectivity index (χ0) is 12.4. The van der Waals surface area contributed by atoms with E-state index >= 15 is 0 Å². The van der Waals surface area contributed by atoms with E-state index < -0.39 is 22.9 Å². The Morgan fingerprint density at radius 2 is 2.29 bits per heavy atom. The number of nitrogens with zero attached hydrogens (tertiary/aromatic N) is 1. The molecule has 1 aromatic heterocycles. The van der Waals surface area contributed by atoms with Gasteiger partial charge in [0.25, 0.3) is 0 Å². The summed E-state index contributed by atoms with van der Waals surface area (Å²) < 4.78 is 18.1. The SMILES string of the molecule is CCOC(=O)c1n[nH]c2cccc(F)c2c1=O. The average Bonchev–Trinajstić information content (AvgIpc) is 2.29. The molecule has 2 rings (SSSR count). The van der Waals surface area contributed by atoms with Gasteiger partial charge in [-0.15, -0.1) is 0 Å². The second-order valence-corrected chi connectivity index (χ2v) is 3.28. The summed E-state index contributed by atoms with van der Waals surface area (Å²) in [7, 11) is 0. The van der Waals surface area contributed by atoms with Gasteiger partial charge >= 0.3 is 5.97 Å². The summed E-state index contributed by atoms with van der Waals surface area (Å²) in [5, 5.41) is 5.85. The van der Waals surface area contributed by atoms with Crippen molar-refractivity contribution in [3.8, 4) is 0 Å². The van der Waals surface area contributed by atoms with Gasteiger partial charge in [0, 0.05) is 0 Å². The third-order valence-corrected chi connectivity index (χ3v) is 2.21. The molecule has 0 saturated heterocycles. The van der Waals surface area contributed by atoms with Crippen LogP contribution in [0.2, 0.25) is 0 Å². The lowest BCUT2D eigenvalue weighted by molar-refractivity contribution is 0.0517. The third kappa shape index (κ3) is 1.89. The molecular formula is C11H9FN2O3. The molecule has 0 spiro atoms. The van der Waals surface area contributed by atoms with Crippen LogP contribution in [0.4, 0.5) is 4.39 Å². The maximum atomic E-state index is 13.5. The molecule has 0 aliphatic heterocycles. The maximum Gasteiger partial charge on any atom is 0.362 e. The van der Waals surface area contributed by atoms with Crippen molar-refractivity contribution in [2.24, 2.45) is 0 Å². The molecular weight excluding hydrogens is 227 g/mol. The zero-order valence-corrected chi connectivity index (χ0v) is 8.99. The normalized spacial score (nSPS) is 10.5. The zero-order valence-electron chi connectivity index (χ0n) is 8.99. The number of aromatic amines is 1. The van der Waals surface area contributed by atoms with Crippen molar-refractivity contribution in [2.75, 3.05) is 6.61 Å². The van der Waals surface area contributed by atoms with E-state index in [1.165, 1.54) is 12.1 Å². The molecule has 88 valence electrons. The molecule has 5 nitrogen and oxygen atoms in total. The fraction of sp³-hybridized carbons (Fsp3) is 0.182. The van der Waals surface area contributed by atoms with Crippen LogP contribution in [0.25, 0.3) is 10.9 Å². The van der Waals surface area contributed by atoms with E-state index in [2.05, 4.69) is 14.9 Å². The number of hydrogen-bond acceptors (Lipinski definition) is 4. The molecule has 6 heteroatoms. The van der Waals surface area contributed by atoms with Crippen molar-refractivity contribution >= 4 is 16.9 Å². The van der Waals surface area contributed by atoms with Crippen LogP contribution in [-0.4, -0.2) is 22.8 Å². The van der Waals surface area contributed by atoms with Crippen LogP contribution in [0, 0.1) is 5.82 Å². The lowest BCUT2D eigenvalue weighted by Crippen LogP contribution is -2.21. The van der Waals surface area contributed by atoms with E-state index in [-0.39, 0.29) is 17.5 Å². The van der Waals surface area contributed by atoms with Crippen molar-refractivity contribution in [3.63, 3.8) is 0 Å². The van der Waals surface area contributed by atoms with Gasteiger partial charge < -0.3 is 4.74 Å². The van der Waals surface area contributed by atoms with E-state index in [1.54, 1.807) is 6.92 Å². The van der Waals surface area contributed by atoms with Gasteiger partial charge in [0.15, 0.2) is 0 Å². The van der Waals surface area contributed by atoms with Crippen LogP contribution in [-0.2, 0) is 4.74 Å². The van der Waals surface area contributed by atoms with Gasteiger partial charge in [-0.3, -0.25) is 9.89 Å². The van der Waals surface area contributed by atoms with Crippen molar-refractivity contribution in [2.45, 2.75) is 6.92 Å². The van der Waals surface area contributed by atoms with Crippen LogP contribution in [0.5, 0.6) is 0 Å². The second kappa shape index (κ2) is 4.32. The molecule has 0 radical (unpaired) electrons. The summed E-state index contributed by atoms with van der Waals surface area (Å²) in [6, 6.07) is 4.09. The topological polar surface area (TPSA) is 72.0 Å². The number of ether oxygens (including phenoxy) is 1. The van der Waals surface area contributed by atoms with E-state index in [9.17, 15) is 14.0 Å². The Kier molecular flexibility index (Phi) is 2.86. The molecule has 0 fully saturated rings. The lowest BCUT2D eigenvalue weighted by Gasteiger charge is -2.02. The third-order valence-electron chi connectivity index (χ3n) is 2.21. The number of esters is 1. The van der Waals surface area contributed by atoms with E-state index in [0.29, 0.717) is 0 Å². The molecule has 0 aliphatic rings. The minimum absolute atomic E-state index is 0.120. The Morgan fingerprint density at radius 1 is 1.53 bits per heavy atom. The summed E-state index contributed by atoms with van der Waals surface area (Å²) in [4.78, 5) is 23.2. The molecule has 0 atom stereocenters. The number of benzene rings is 1. The van der Waals surface area contributed by atoms with Crippen LogP contribution >= 0.6 is 0 Å². The molecule has 0 bridgehead atoms. The highest BCUT2D eigenvalue weighted by atomic mass is 19.1. The molecule has 0 aliphatic carbocycles. The Hall–Kier alpha value is -2.24. The van der Waals surface area contributed by atoms with Crippen molar-refractivity contribution in [1.29, 1.82) is 0 Å². The van der Waals surface area contributed by atoms with Crippen molar-refractivity contribution in [1.82, 2.24) is 10.2 Å². The molecule has 0 saturated carbocycles. The van der Waals surface area contributed by atoms with Gasteiger partial charge in [-0.05, 0) is 19.1 Å². The number of rotatable bonds is 2. The highest BCUT2D eigenvalue weighted by Gasteiger charge is 2.17. The first-order valence-corrected chi connectivity index (χ1v) is 4.99. The number of halogens is 1. The largest absolute Gasteiger partial charge is 0.461 e. The van der Waals surface area contributed by atoms with Crippen molar-refractivity contribution in [3.05, 3.63) is 39.9 Å². The Balaban J connectivity index is 2.69. The van der Waals surface area contributed by atoms with Gasteiger partial charge in [0.1, 0.15) is 5.82 Å². The highest BCUT2D eigenvalue weighted by Crippen LogP contribution is 2.10. The average molecular weight is 236 g/mol. The predicted molar refractivity (Wildman–Crippen MR) is 58.3 cm³/mol. The lowest BCUT2D eigenvalue weighted by atomic mass is 10.2. The van der Waals surface area contributed by atoms with Gasteiger partial charge in [0.05, 0.1) is 17.5 Å². The summed E-state index contributed by atoms with van der Waals surface area (Å²) in [6.45, 7) is 1.73. The number of carbonyl (C=O) groups is 1. The number of nitrogens with one attached hydrogen (secondary N) is 1. The Morgan fingerprint density at radius 3 is 3.00 bits per heavy atom. The molecule has 17 heavy (non-hydrogen) atoms. The maximum absolute atomic E-state index is 13.5. The van der Waals surface area contributed by atoms with E-state index in [4.69, 9.17) is 0 Å². The first-order chi connectivity index (χ1) is 8.15. The fourth-order valence-electron chi connectivity index (χ4n) is 1.47. The quantitative estimate of drug-likeness (QED) is 0.796. The van der Waals surface area contributed by atoms with E-state index in [1.807, 2.05) is 0 Å². The molecule has 1 heterocycles. The fourth-order valence-corrected chi connectivity index (χ4v) is 1.47. The van der Waals surface area contributed by atoms with Gasteiger partial charge in [-0.2, -0.15) is 5.10 Å². The minimum atomic E-state index is -0.862. The van der Waals surface area contributed by atoms with Gasteiger partial charge in [-0.25, -0.2) is 9.18 Å². The molecule has 1 aromatic carbocycles. The molecule has 0 unspecified atom stereocenters. The predicted octanol–water partition coefficient (Wildman–Crippen LogP) is 1.24. The molecule has 0 amide bonds. The number of fused-ring (bicyclic) bond motifs is 1. The van der Waals surface area contributed by atoms with Gasteiger partial charge in [-0.1, -0.05) is 6.07 Å². The monoisotopic (exact) mass is 236 g/mol. The van der Waals surface area contributed by atoms with Crippen molar-refractivity contribution < 1.29 is 13.9 Å². The summed E-state index contributed by atoms with van der Waals surface area (Å²) in [5.41, 5.74) is -0.970. The van der Waals surface area contributed by atoms with Crippen LogP contribution < -0.4 is 5.43 Å². The highest BCUT2D eigenvalue weighted by molar-refractivity contribution is 5.91. The first kappa shape index (κ1) is 11.3. The number of carbonyl (C=O) groups excluding carboxylic acids is 1. The van der Waals surface area contributed by atoms with E-state index in [0.717, 1.165) is 6.07 Å². The summed E-state index contributed by atoms with van der Waals surface area (Å²) in [5.74, 6) is -1.56. The van der Waals surface area contributed by atoms with Crippen LogP contribution in [0.15, 0.2) is 23.0 Å². The molecule has 1 N–H and O–H groups in total. The first-order valence-electron chi connectivity index (χ1n) is 4.99. The van der Waals surface area contributed by atoms with Gasteiger partial charge in [0.2, 0.25) is 11.1 Å². The minimum Gasteiger partial charge on any atom is -0.461 e. The Bertz CT molecular complexity index is 636. The summed E-state index contributed by atoms with van der Waals surface area (Å²) in [6.07, 6.45) is 0. The standard InChI is InChI=1S/C11H9FN2O3/c1-2-17-11(16)9-10(15)8-6(12)4-3-5-7(8)13-14-9/h3-5H,2H2,1H3,(H,13,15). The second-order valence-electron chi connectivity index (χ2n) is 3.28. The molecule has 2 aromatic rings.